The minimum absolute atomic E-state index is 0.306. The van der Waals surface area contributed by atoms with Gasteiger partial charge in [0.15, 0.2) is 0 Å². The first-order chi connectivity index (χ1) is 9.33. The smallest absolute Gasteiger partial charge is 0.399 e. The van der Waals surface area contributed by atoms with Crippen molar-refractivity contribution in [2.45, 2.75) is 38.8 Å². The Balaban J connectivity index is 1.61. The van der Waals surface area contributed by atoms with E-state index in [0.717, 1.165) is 24.4 Å². The molecule has 100 valence electrons. The van der Waals surface area contributed by atoms with Crippen LogP contribution in [-0.4, -0.2) is 11.0 Å². The molecular formula is C15H18N2O2. The zero-order valence-corrected chi connectivity index (χ0v) is 11.1. The van der Waals surface area contributed by atoms with Gasteiger partial charge in [-0.2, -0.15) is 4.98 Å². The van der Waals surface area contributed by atoms with Crippen LogP contribution >= 0.6 is 0 Å². The summed E-state index contributed by atoms with van der Waals surface area (Å²) in [7, 11) is 0. The minimum atomic E-state index is 0.306. The lowest BCUT2D eigenvalue weighted by Crippen LogP contribution is -2.15. The molecule has 0 bridgehead atoms. The Bertz CT molecular complexity index is 547. The predicted molar refractivity (Wildman–Crippen MR) is 72.3 cm³/mol. The van der Waals surface area contributed by atoms with E-state index in [9.17, 15) is 0 Å². The molecule has 0 atom stereocenters. The van der Waals surface area contributed by atoms with Gasteiger partial charge in [-0.1, -0.05) is 19.1 Å². The number of ether oxygens (including phenoxy) is 1. The summed E-state index contributed by atoms with van der Waals surface area (Å²) in [6.07, 6.45) is 5.48. The summed E-state index contributed by atoms with van der Waals surface area (Å²) in [4.78, 5) is 4.31. The molecule has 1 aromatic carbocycles. The van der Waals surface area contributed by atoms with Crippen molar-refractivity contribution in [3.05, 3.63) is 41.8 Å². The number of rotatable bonds is 6. The molecule has 0 amide bonds. The summed E-state index contributed by atoms with van der Waals surface area (Å²) in [6.45, 7) is 2.86. The van der Waals surface area contributed by atoms with Gasteiger partial charge < -0.3 is 14.5 Å². The summed E-state index contributed by atoms with van der Waals surface area (Å²) in [5.74, 6) is 0.767. The third-order valence-electron chi connectivity index (χ3n) is 3.19. The number of aryl methyl sites for hydroxylation is 1. The number of aromatic nitrogens is 1. The fraction of sp³-hybridized carbons (Fsp3) is 0.400. The molecule has 19 heavy (non-hydrogen) atoms. The molecule has 0 unspecified atom stereocenters. The van der Waals surface area contributed by atoms with Crippen molar-refractivity contribution < 1.29 is 9.15 Å². The van der Waals surface area contributed by atoms with Crippen molar-refractivity contribution in [2.24, 2.45) is 0 Å². The number of benzene rings is 1. The first-order valence-electron chi connectivity index (χ1n) is 6.78. The summed E-state index contributed by atoms with van der Waals surface area (Å²) < 4.78 is 10.9. The predicted octanol–water partition coefficient (Wildman–Crippen LogP) is 3.28. The standard InChI is InChI=1S/C15H18N2O2/c1-2-11-4-3-5-14(8-11)19-15-17-13(10-18-15)9-16-12-6-7-12/h3-5,8,10,12,16H,2,6-7,9H2,1H3. The van der Waals surface area contributed by atoms with Crippen LogP contribution in [0.5, 0.6) is 11.8 Å². The van der Waals surface area contributed by atoms with Crippen molar-refractivity contribution in [1.82, 2.24) is 10.3 Å². The van der Waals surface area contributed by atoms with E-state index in [1.54, 1.807) is 6.26 Å². The molecule has 1 heterocycles. The molecule has 0 spiro atoms. The van der Waals surface area contributed by atoms with Crippen LogP contribution in [0, 0.1) is 0 Å². The van der Waals surface area contributed by atoms with Gasteiger partial charge in [0, 0.05) is 12.6 Å². The first kappa shape index (κ1) is 12.2. The van der Waals surface area contributed by atoms with E-state index in [4.69, 9.17) is 9.15 Å². The summed E-state index contributed by atoms with van der Waals surface area (Å²) in [5, 5.41) is 3.39. The van der Waals surface area contributed by atoms with Crippen molar-refractivity contribution in [1.29, 1.82) is 0 Å². The Hall–Kier alpha value is -1.81. The SMILES string of the molecule is CCc1cccc(Oc2nc(CNC3CC3)co2)c1. The van der Waals surface area contributed by atoms with Gasteiger partial charge in [0.2, 0.25) is 0 Å². The summed E-state index contributed by atoms with van der Waals surface area (Å²) in [6, 6.07) is 8.64. The van der Waals surface area contributed by atoms with E-state index in [2.05, 4.69) is 23.3 Å². The van der Waals surface area contributed by atoms with Gasteiger partial charge in [-0.15, -0.1) is 0 Å². The van der Waals surface area contributed by atoms with Gasteiger partial charge in [0.25, 0.3) is 0 Å². The number of oxazole rings is 1. The highest BCUT2D eigenvalue weighted by molar-refractivity contribution is 5.30. The highest BCUT2D eigenvalue weighted by atomic mass is 16.6. The van der Waals surface area contributed by atoms with Crippen LogP contribution in [0.4, 0.5) is 0 Å². The molecule has 1 aromatic heterocycles. The minimum Gasteiger partial charge on any atom is -0.417 e. The summed E-state index contributed by atoms with van der Waals surface area (Å²) >= 11 is 0. The van der Waals surface area contributed by atoms with Gasteiger partial charge in [0.05, 0.1) is 5.69 Å². The molecule has 1 aliphatic carbocycles. The average Bonchev–Trinajstić information content (AvgIpc) is 3.17. The van der Waals surface area contributed by atoms with Crippen LogP contribution in [0.1, 0.15) is 31.0 Å². The van der Waals surface area contributed by atoms with Crippen LogP contribution in [0.25, 0.3) is 0 Å². The second-order valence-electron chi connectivity index (χ2n) is 4.86. The molecule has 1 fully saturated rings. The Kier molecular flexibility index (Phi) is 3.51. The van der Waals surface area contributed by atoms with Crippen LogP contribution in [-0.2, 0) is 13.0 Å². The monoisotopic (exact) mass is 258 g/mol. The van der Waals surface area contributed by atoms with Crippen LogP contribution in [0.3, 0.4) is 0 Å². The number of hydrogen-bond donors (Lipinski definition) is 1. The maximum Gasteiger partial charge on any atom is 0.399 e. The number of nitrogens with zero attached hydrogens (tertiary/aromatic N) is 1. The van der Waals surface area contributed by atoms with Crippen molar-refractivity contribution in [3.63, 3.8) is 0 Å². The fourth-order valence-corrected chi connectivity index (χ4v) is 1.88. The largest absolute Gasteiger partial charge is 0.417 e. The van der Waals surface area contributed by atoms with Crippen LogP contribution < -0.4 is 10.1 Å². The average molecular weight is 258 g/mol. The number of nitrogens with one attached hydrogen (secondary N) is 1. The molecule has 0 aliphatic heterocycles. The first-order valence-corrected chi connectivity index (χ1v) is 6.78. The van der Waals surface area contributed by atoms with Crippen molar-refractivity contribution in [2.75, 3.05) is 0 Å². The highest BCUT2D eigenvalue weighted by Crippen LogP contribution is 2.23. The molecule has 0 radical (unpaired) electrons. The maximum atomic E-state index is 5.62. The summed E-state index contributed by atoms with van der Waals surface area (Å²) in [5.41, 5.74) is 2.12. The molecule has 4 nitrogen and oxygen atoms in total. The molecule has 3 rings (SSSR count). The Labute approximate surface area is 112 Å². The van der Waals surface area contributed by atoms with E-state index in [0.29, 0.717) is 12.1 Å². The van der Waals surface area contributed by atoms with E-state index in [-0.39, 0.29) is 0 Å². The normalized spacial score (nSPS) is 14.6. The number of hydrogen-bond acceptors (Lipinski definition) is 4. The quantitative estimate of drug-likeness (QED) is 0.863. The Morgan fingerprint density at radius 3 is 3.11 bits per heavy atom. The molecule has 1 N–H and O–H groups in total. The molecule has 2 aromatic rings. The molecule has 1 aliphatic rings. The van der Waals surface area contributed by atoms with Crippen molar-refractivity contribution >= 4 is 0 Å². The molecule has 1 saturated carbocycles. The van der Waals surface area contributed by atoms with E-state index in [1.165, 1.54) is 18.4 Å². The van der Waals surface area contributed by atoms with E-state index < -0.39 is 0 Å². The van der Waals surface area contributed by atoms with Gasteiger partial charge in [-0.05, 0) is 37.0 Å². The Morgan fingerprint density at radius 2 is 2.32 bits per heavy atom. The van der Waals surface area contributed by atoms with E-state index in [1.807, 2.05) is 18.2 Å². The zero-order chi connectivity index (χ0) is 13.1. The van der Waals surface area contributed by atoms with Crippen LogP contribution in [0.2, 0.25) is 0 Å². The van der Waals surface area contributed by atoms with Crippen molar-refractivity contribution in [3.8, 4) is 11.8 Å². The second kappa shape index (κ2) is 5.45. The lowest BCUT2D eigenvalue weighted by molar-refractivity contribution is 0.330. The molecule has 4 heteroatoms. The van der Waals surface area contributed by atoms with Gasteiger partial charge >= 0.3 is 6.08 Å². The van der Waals surface area contributed by atoms with Gasteiger partial charge in [-0.3, -0.25) is 0 Å². The lowest BCUT2D eigenvalue weighted by Gasteiger charge is -2.02. The van der Waals surface area contributed by atoms with E-state index >= 15 is 0 Å². The molecule has 0 saturated heterocycles. The second-order valence-corrected chi connectivity index (χ2v) is 4.86. The third kappa shape index (κ3) is 3.35. The zero-order valence-electron chi connectivity index (χ0n) is 11.1. The Morgan fingerprint density at radius 1 is 1.42 bits per heavy atom. The lowest BCUT2D eigenvalue weighted by atomic mass is 10.2. The maximum absolute atomic E-state index is 5.62. The topological polar surface area (TPSA) is 47.3 Å². The van der Waals surface area contributed by atoms with Gasteiger partial charge in [0.1, 0.15) is 12.0 Å². The third-order valence-corrected chi connectivity index (χ3v) is 3.19. The highest BCUT2D eigenvalue weighted by Gasteiger charge is 2.20. The fourth-order valence-electron chi connectivity index (χ4n) is 1.88. The van der Waals surface area contributed by atoms with Gasteiger partial charge in [-0.25, -0.2) is 0 Å². The van der Waals surface area contributed by atoms with Crippen LogP contribution in [0.15, 0.2) is 34.9 Å². The molecular weight excluding hydrogens is 240 g/mol.